The Morgan fingerprint density at radius 2 is 1.35 bits per heavy atom. The Labute approximate surface area is 154 Å². The van der Waals surface area contributed by atoms with E-state index in [0.717, 1.165) is 11.5 Å². The van der Waals surface area contributed by atoms with Crippen LogP contribution in [-0.4, -0.2) is 0 Å². The van der Waals surface area contributed by atoms with Crippen molar-refractivity contribution in [3.8, 4) is 23.7 Å². The van der Waals surface area contributed by atoms with Crippen molar-refractivity contribution in [2.75, 3.05) is 0 Å². The summed E-state index contributed by atoms with van der Waals surface area (Å²) in [5, 5.41) is 0. The van der Waals surface area contributed by atoms with E-state index in [-0.39, 0.29) is 5.56 Å². The maximum Gasteiger partial charge on any atom is 0.142 e. The maximum atomic E-state index is 13.8. The second-order valence-corrected chi connectivity index (χ2v) is 7.16. The zero-order valence-corrected chi connectivity index (χ0v) is 15.2. The third-order valence-electron chi connectivity index (χ3n) is 4.84. The Balaban J connectivity index is 1.70. The lowest BCUT2D eigenvalue weighted by Gasteiger charge is -2.21. The molecular weight excluding hydrogens is 326 g/mol. The van der Waals surface area contributed by atoms with Crippen LogP contribution in [0.25, 0.3) is 0 Å². The molecule has 0 heterocycles. The van der Waals surface area contributed by atoms with E-state index in [2.05, 4.69) is 30.6 Å². The molecule has 0 radical (unpaired) electrons. The summed E-state index contributed by atoms with van der Waals surface area (Å²) in [7, 11) is 0. The summed E-state index contributed by atoms with van der Waals surface area (Å²) >= 11 is 0. The zero-order valence-electron chi connectivity index (χ0n) is 15.2. The standard InChI is InChI=1S/C24H22F2/c1-17-3-5-19(6-4-17)7-8-20-9-11-21(12-10-20)13-14-22-23(25)15-18(2)16-24(22)26/h9-12,15-17,19H,3-6H2,1-2H3. The minimum atomic E-state index is -0.626. The lowest BCUT2D eigenvalue weighted by molar-refractivity contribution is 0.337. The van der Waals surface area contributed by atoms with Gasteiger partial charge in [-0.25, -0.2) is 8.78 Å². The maximum absolute atomic E-state index is 13.8. The molecule has 0 aromatic heterocycles. The van der Waals surface area contributed by atoms with Gasteiger partial charge in [-0.1, -0.05) is 30.6 Å². The fourth-order valence-electron chi connectivity index (χ4n) is 3.18. The van der Waals surface area contributed by atoms with E-state index in [0.29, 0.717) is 17.0 Å². The monoisotopic (exact) mass is 348 g/mol. The topological polar surface area (TPSA) is 0 Å². The molecule has 0 saturated heterocycles. The van der Waals surface area contributed by atoms with Crippen molar-refractivity contribution >= 4 is 0 Å². The highest BCUT2D eigenvalue weighted by molar-refractivity contribution is 5.47. The van der Waals surface area contributed by atoms with Crippen molar-refractivity contribution in [2.24, 2.45) is 11.8 Å². The summed E-state index contributed by atoms with van der Waals surface area (Å²) in [5.41, 5.74) is 2.01. The summed E-state index contributed by atoms with van der Waals surface area (Å²) in [6.45, 7) is 3.95. The smallest absolute Gasteiger partial charge is 0.142 e. The summed E-state index contributed by atoms with van der Waals surface area (Å²) in [5.74, 6) is 12.1. The molecule has 0 nitrogen and oxygen atoms in total. The van der Waals surface area contributed by atoms with Gasteiger partial charge in [0.25, 0.3) is 0 Å². The first kappa shape index (κ1) is 18.2. The molecule has 2 aromatic carbocycles. The van der Waals surface area contributed by atoms with Crippen LogP contribution in [0.5, 0.6) is 0 Å². The molecular formula is C24H22F2. The number of hydrogen-bond donors (Lipinski definition) is 0. The van der Waals surface area contributed by atoms with Gasteiger partial charge >= 0.3 is 0 Å². The molecule has 3 rings (SSSR count). The Morgan fingerprint density at radius 3 is 1.92 bits per heavy atom. The molecule has 1 aliphatic rings. The molecule has 132 valence electrons. The molecule has 2 heteroatoms. The minimum absolute atomic E-state index is 0.189. The third-order valence-corrected chi connectivity index (χ3v) is 4.84. The van der Waals surface area contributed by atoms with E-state index >= 15 is 0 Å². The van der Waals surface area contributed by atoms with E-state index in [9.17, 15) is 8.78 Å². The second kappa shape index (κ2) is 8.20. The van der Waals surface area contributed by atoms with Gasteiger partial charge in [0.05, 0.1) is 5.56 Å². The predicted octanol–water partition coefficient (Wildman–Crippen LogP) is 5.85. The molecule has 1 aliphatic carbocycles. The Bertz CT molecular complexity index is 870. The number of hydrogen-bond acceptors (Lipinski definition) is 0. The summed E-state index contributed by atoms with van der Waals surface area (Å²) < 4.78 is 27.6. The number of benzene rings is 2. The van der Waals surface area contributed by atoms with Crippen molar-refractivity contribution < 1.29 is 8.78 Å². The van der Waals surface area contributed by atoms with Gasteiger partial charge in [-0.2, -0.15) is 0 Å². The quantitative estimate of drug-likeness (QED) is 0.524. The summed E-state index contributed by atoms with van der Waals surface area (Å²) in [6.07, 6.45) is 4.90. The van der Waals surface area contributed by atoms with E-state index in [4.69, 9.17) is 0 Å². The highest BCUT2D eigenvalue weighted by Crippen LogP contribution is 2.27. The second-order valence-electron chi connectivity index (χ2n) is 7.16. The lowest BCUT2D eigenvalue weighted by atomic mass is 9.83. The molecule has 1 fully saturated rings. The van der Waals surface area contributed by atoms with Crippen LogP contribution in [0.4, 0.5) is 8.78 Å². The van der Waals surface area contributed by atoms with Crippen LogP contribution in [0.1, 0.15) is 54.9 Å². The third kappa shape index (κ3) is 4.74. The predicted molar refractivity (Wildman–Crippen MR) is 102 cm³/mol. The number of rotatable bonds is 0. The van der Waals surface area contributed by atoms with Gasteiger partial charge in [0, 0.05) is 17.0 Å². The fraction of sp³-hybridized carbons (Fsp3) is 0.333. The van der Waals surface area contributed by atoms with Gasteiger partial charge in [-0.05, 0) is 80.5 Å². The molecule has 0 spiro atoms. The molecule has 0 atom stereocenters. The number of aryl methyl sites for hydroxylation is 1. The van der Waals surface area contributed by atoms with Crippen LogP contribution in [0, 0.1) is 54.1 Å². The Hall–Kier alpha value is -2.58. The first-order valence-corrected chi connectivity index (χ1v) is 9.10. The normalized spacial score (nSPS) is 19.1. The molecule has 26 heavy (non-hydrogen) atoms. The van der Waals surface area contributed by atoms with Gasteiger partial charge in [0.2, 0.25) is 0 Å². The van der Waals surface area contributed by atoms with Crippen LogP contribution in [0.15, 0.2) is 36.4 Å². The minimum Gasteiger partial charge on any atom is -0.206 e. The van der Waals surface area contributed by atoms with Crippen LogP contribution >= 0.6 is 0 Å². The molecule has 0 N–H and O–H groups in total. The van der Waals surface area contributed by atoms with Crippen LogP contribution in [0.3, 0.4) is 0 Å². The van der Waals surface area contributed by atoms with Gasteiger partial charge < -0.3 is 0 Å². The zero-order chi connectivity index (χ0) is 18.5. The van der Waals surface area contributed by atoms with E-state index < -0.39 is 11.6 Å². The van der Waals surface area contributed by atoms with Crippen molar-refractivity contribution in [1.82, 2.24) is 0 Å². The molecule has 0 amide bonds. The Morgan fingerprint density at radius 1 is 0.808 bits per heavy atom. The van der Waals surface area contributed by atoms with E-state index in [1.165, 1.54) is 37.8 Å². The van der Waals surface area contributed by atoms with Crippen molar-refractivity contribution in [3.63, 3.8) is 0 Å². The van der Waals surface area contributed by atoms with Gasteiger partial charge in [0.1, 0.15) is 11.6 Å². The van der Waals surface area contributed by atoms with E-state index in [1.54, 1.807) is 6.92 Å². The van der Waals surface area contributed by atoms with Crippen molar-refractivity contribution in [2.45, 2.75) is 39.5 Å². The average Bonchev–Trinajstić information content (AvgIpc) is 2.61. The van der Waals surface area contributed by atoms with Crippen molar-refractivity contribution in [3.05, 3.63) is 70.3 Å². The first-order chi connectivity index (χ1) is 12.5. The van der Waals surface area contributed by atoms with Gasteiger partial charge in [0.15, 0.2) is 0 Å². The molecule has 0 bridgehead atoms. The SMILES string of the molecule is Cc1cc(F)c(C#Cc2ccc(C#CC3CCC(C)CC3)cc2)c(F)c1. The fourth-order valence-corrected chi connectivity index (χ4v) is 3.18. The number of halogens is 2. The summed E-state index contributed by atoms with van der Waals surface area (Å²) in [4.78, 5) is 0. The van der Waals surface area contributed by atoms with E-state index in [1.807, 2.05) is 24.3 Å². The lowest BCUT2D eigenvalue weighted by Crippen LogP contribution is -2.10. The average molecular weight is 348 g/mol. The first-order valence-electron chi connectivity index (χ1n) is 9.10. The molecule has 1 saturated carbocycles. The van der Waals surface area contributed by atoms with Gasteiger partial charge in [-0.15, -0.1) is 0 Å². The largest absolute Gasteiger partial charge is 0.206 e. The highest BCUT2D eigenvalue weighted by atomic mass is 19.1. The molecule has 0 unspecified atom stereocenters. The molecule has 0 aliphatic heterocycles. The van der Waals surface area contributed by atoms with Gasteiger partial charge in [-0.3, -0.25) is 0 Å². The molecule has 2 aromatic rings. The highest BCUT2D eigenvalue weighted by Gasteiger charge is 2.15. The van der Waals surface area contributed by atoms with Crippen LogP contribution in [-0.2, 0) is 0 Å². The summed E-state index contributed by atoms with van der Waals surface area (Å²) in [6, 6.07) is 10.1. The van der Waals surface area contributed by atoms with Crippen molar-refractivity contribution in [1.29, 1.82) is 0 Å². The van der Waals surface area contributed by atoms with Crippen LogP contribution < -0.4 is 0 Å². The Kier molecular flexibility index (Phi) is 5.75. The van der Waals surface area contributed by atoms with Crippen LogP contribution in [0.2, 0.25) is 0 Å².